The van der Waals surface area contributed by atoms with Crippen LogP contribution in [0.5, 0.6) is 0 Å². The zero-order valence-corrected chi connectivity index (χ0v) is 18.6. The highest BCUT2D eigenvalue weighted by Crippen LogP contribution is 2.32. The first-order chi connectivity index (χ1) is 14.9. The van der Waals surface area contributed by atoms with Crippen LogP contribution in [0.3, 0.4) is 0 Å². The lowest BCUT2D eigenvalue weighted by molar-refractivity contribution is 0.0951. The third-order valence-corrected chi connectivity index (χ3v) is 6.70. The molecule has 2 aliphatic carbocycles. The van der Waals surface area contributed by atoms with Crippen molar-refractivity contribution < 1.29 is 4.79 Å². The molecule has 0 radical (unpaired) electrons. The number of amides is 1. The first-order valence-corrected chi connectivity index (χ1v) is 11.3. The Bertz CT molecular complexity index is 1040. The van der Waals surface area contributed by atoms with E-state index in [4.69, 9.17) is 0 Å². The van der Waals surface area contributed by atoms with Gasteiger partial charge in [-0.1, -0.05) is 50.1 Å². The van der Waals surface area contributed by atoms with Gasteiger partial charge in [0.05, 0.1) is 6.07 Å². The lowest BCUT2D eigenvalue weighted by Gasteiger charge is -2.33. The molecule has 4 rings (SSSR count). The third kappa shape index (κ3) is 4.66. The van der Waals surface area contributed by atoms with E-state index < -0.39 is 5.54 Å². The molecule has 2 fully saturated rings. The van der Waals surface area contributed by atoms with Gasteiger partial charge < -0.3 is 10.6 Å². The predicted molar refractivity (Wildman–Crippen MR) is 125 cm³/mol. The second-order valence-corrected chi connectivity index (χ2v) is 9.15. The van der Waals surface area contributed by atoms with Gasteiger partial charge in [0, 0.05) is 17.3 Å². The van der Waals surface area contributed by atoms with Gasteiger partial charge in [-0.3, -0.25) is 4.79 Å². The number of nitrogens with one attached hydrogen (secondary N) is 2. The Morgan fingerprint density at radius 2 is 1.74 bits per heavy atom. The van der Waals surface area contributed by atoms with Crippen LogP contribution in [0, 0.1) is 25.2 Å². The molecule has 2 N–H and O–H groups in total. The van der Waals surface area contributed by atoms with E-state index in [1.54, 1.807) is 0 Å². The summed E-state index contributed by atoms with van der Waals surface area (Å²) in [5.74, 6) is 0.00957. The highest BCUT2D eigenvalue weighted by Gasteiger charge is 2.32. The number of carbonyl (C=O) groups is 1. The largest absolute Gasteiger partial charge is 0.367 e. The molecule has 1 amide bonds. The topological polar surface area (TPSA) is 64.9 Å². The summed E-state index contributed by atoms with van der Waals surface area (Å²) in [5.41, 5.74) is 6.44. The van der Waals surface area contributed by atoms with Gasteiger partial charge >= 0.3 is 0 Å². The highest BCUT2D eigenvalue weighted by molar-refractivity contribution is 5.96. The number of nitriles is 1. The minimum absolute atomic E-state index is 0.00957. The monoisotopic (exact) mass is 413 g/mol. The third-order valence-electron chi connectivity index (χ3n) is 6.70. The Balaban J connectivity index is 1.55. The van der Waals surface area contributed by atoms with Crippen LogP contribution in [0.15, 0.2) is 43.0 Å². The summed E-state index contributed by atoms with van der Waals surface area (Å²) in [6, 6.07) is 15.1. The van der Waals surface area contributed by atoms with Crippen molar-refractivity contribution in [3.05, 3.63) is 65.2 Å². The van der Waals surface area contributed by atoms with Crippen molar-refractivity contribution in [1.82, 2.24) is 10.6 Å². The van der Waals surface area contributed by atoms with E-state index in [0.717, 1.165) is 66.5 Å². The zero-order valence-electron chi connectivity index (χ0n) is 18.6. The molecule has 2 aliphatic rings. The predicted octanol–water partition coefficient (Wildman–Crippen LogP) is 5.65. The van der Waals surface area contributed by atoms with Crippen LogP contribution >= 0.6 is 0 Å². The van der Waals surface area contributed by atoms with Crippen LogP contribution < -0.4 is 10.6 Å². The molecule has 2 aromatic rings. The van der Waals surface area contributed by atoms with E-state index in [1.165, 1.54) is 12.0 Å². The first-order valence-electron chi connectivity index (χ1n) is 11.3. The normalized spacial score (nSPS) is 17.5. The highest BCUT2D eigenvalue weighted by atomic mass is 16.1. The van der Waals surface area contributed by atoms with Crippen molar-refractivity contribution in [2.45, 2.75) is 70.4 Å². The van der Waals surface area contributed by atoms with E-state index >= 15 is 0 Å². The summed E-state index contributed by atoms with van der Waals surface area (Å²) in [6.07, 6.45) is 7.25. The fraction of sp³-hybridized carbons (Fsp3) is 0.407. The number of benzene rings is 2. The average molecular weight is 414 g/mol. The second-order valence-electron chi connectivity index (χ2n) is 9.15. The van der Waals surface area contributed by atoms with Gasteiger partial charge in [0.2, 0.25) is 0 Å². The van der Waals surface area contributed by atoms with Crippen molar-refractivity contribution in [3.63, 3.8) is 0 Å². The van der Waals surface area contributed by atoms with Gasteiger partial charge in [0.15, 0.2) is 0 Å². The standard InChI is InChI=1S/C27H31N3O/c1-18-15-23(26(31)29-24-11-12-24)16-25(19(18)2)22-9-7-21(8-10-22)20(3)30-27(17-28)13-5-4-6-14-27/h7-10,15-16,24,30H,3-6,11-14H2,1-2H3,(H,29,31). The SMILES string of the molecule is C=C(NC1(C#N)CCCCC1)c1ccc(-c2cc(C(=O)NC3CC3)cc(C)c2C)cc1. The van der Waals surface area contributed by atoms with Crippen molar-refractivity contribution in [2.75, 3.05) is 0 Å². The molecule has 0 saturated heterocycles. The van der Waals surface area contributed by atoms with Gasteiger partial charge in [-0.2, -0.15) is 5.26 Å². The van der Waals surface area contributed by atoms with Gasteiger partial charge in [-0.05, 0) is 79.5 Å². The van der Waals surface area contributed by atoms with Gasteiger partial charge in [0.1, 0.15) is 5.54 Å². The molecule has 0 atom stereocenters. The molecule has 4 nitrogen and oxygen atoms in total. The summed E-state index contributed by atoms with van der Waals surface area (Å²) in [4.78, 5) is 12.6. The van der Waals surface area contributed by atoms with E-state index in [9.17, 15) is 10.1 Å². The summed E-state index contributed by atoms with van der Waals surface area (Å²) < 4.78 is 0. The van der Waals surface area contributed by atoms with E-state index in [0.29, 0.717) is 11.6 Å². The molecule has 0 bridgehead atoms. The molecule has 0 spiro atoms. The number of nitrogens with zero attached hydrogens (tertiary/aromatic N) is 1. The quantitative estimate of drug-likeness (QED) is 0.643. The molecule has 0 heterocycles. The van der Waals surface area contributed by atoms with E-state index in [-0.39, 0.29) is 5.91 Å². The lowest BCUT2D eigenvalue weighted by Crippen LogP contribution is -2.44. The summed E-state index contributed by atoms with van der Waals surface area (Å²) >= 11 is 0. The van der Waals surface area contributed by atoms with Gasteiger partial charge in [0.25, 0.3) is 5.91 Å². The molecule has 160 valence electrons. The molecule has 31 heavy (non-hydrogen) atoms. The smallest absolute Gasteiger partial charge is 0.251 e. The average Bonchev–Trinajstić information content (AvgIpc) is 3.60. The number of carbonyl (C=O) groups excluding carboxylic acids is 1. The molecular weight excluding hydrogens is 382 g/mol. The van der Waals surface area contributed by atoms with E-state index in [2.05, 4.69) is 49.3 Å². The van der Waals surface area contributed by atoms with Crippen LogP contribution in [0.4, 0.5) is 0 Å². The maximum Gasteiger partial charge on any atom is 0.251 e. The zero-order chi connectivity index (χ0) is 22.0. The van der Waals surface area contributed by atoms with Crippen molar-refractivity contribution in [1.29, 1.82) is 5.26 Å². The molecule has 0 unspecified atom stereocenters. The van der Waals surface area contributed by atoms with Gasteiger partial charge in [-0.25, -0.2) is 0 Å². The molecule has 2 aromatic carbocycles. The number of rotatable bonds is 6. The minimum Gasteiger partial charge on any atom is -0.367 e. The maximum atomic E-state index is 12.6. The Morgan fingerprint density at radius 3 is 2.35 bits per heavy atom. The summed E-state index contributed by atoms with van der Waals surface area (Å²) in [5, 5.41) is 16.2. The van der Waals surface area contributed by atoms with Crippen LogP contribution in [0.25, 0.3) is 16.8 Å². The van der Waals surface area contributed by atoms with Gasteiger partial charge in [-0.15, -0.1) is 0 Å². The number of hydrogen-bond acceptors (Lipinski definition) is 3. The van der Waals surface area contributed by atoms with Crippen molar-refractivity contribution in [3.8, 4) is 17.2 Å². The fourth-order valence-corrected chi connectivity index (χ4v) is 4.42. The molecule has 4 heteroatoms. The molecule has 2 saturated carbocycles. The molecular formula is C27H31N3O. The van der Waals surface area contributed by atoms with E-state index in [1.807, 2.05) is 24.3 Å². The minimum atomic E-state index is -0.495. The molecule has 0 aromatic heterocycles. The first kappa shape index (κ1) is 21.2. The maximum absolute atomic E-state index is 12.6. The Hall–Kier alpha value is -3.06. The summed E-state index contributed by atoms with van der Waals surface area (Å²) in [7, 11) is 0. The van der Waals surface area contributed by atoms with Crippen LogP contribution in [-0.2, 0) is 0 Å². The van der Waals surface area contributed by atoms with Crippen molar-refractivity contribution in [2.24, 2.45) is 0 Å². The number of hydrogen-bond donors (Lipinski definition) is 2. The molecule has 0 aliphatic heterocycles. The fourth-order valence-electron chi connectivity index (χ4n) is 4.42. The lowest BCUT2D eigenvalue weighted by atomic mass is 9.82. The van der Waals surface area contributed by atoms with Crippen LogP contribution in [-0.4, -0.2) is 17.5 Å². The second kappa shape index (κ2) is 8.59. The van der Waals surface area contributed by atoms with Crippen molar-refractivity contribution >= 4 is 11.6 Å². The Kier molecular flexibility index (Phi) is 5.87. The summed E-state index contributed by atoms with van der Waals surface area (Å²) in [6.45, 7) is 8.35. The van der Waals surface area contributed by atoms with Crippen LogP contribution in [0.2, 0.25) is 0 Å². The Labute approximate surface area is 185 Å². The van der Waals surface area contributed by atoms with Crippen LogP contribution in [0.1, 0.15) is 72.0 Å². The number of aryl methyl sites for hydroxylation is 1. The Morgan fingerprint density at radius 1 is 1.06 bits per heavy atom.